The molecule has 0 aliphatic rings. The minimum Gasteiger partial charge on any atom is -0.386 e. The SMILES string of the molecule is CC=C[C@](C)(O)CC. The van der Waals surface area contributed by atoms with Crippen LogP contribution in [-0.4, -0.2) is 10.7 Å². The summed E-state index contributed by atoms with van der Waals surface area (Å²) in [5, 5.41) is 9.24. The van der Waals surface area contributed by atoms with Crippen molar-refractivity contribution in [1.82, 2.24) is 0 Å². The van der Waals surface area contributed by atoms with Gasteiger partial charge in [-0.05, 0) is 20.3 Å². The molecule has 0 fully saturated rings. The summed E-state index contributed by atoms with van der Waals surface area (Å²) in [6.07, 6.45) is 4.44. The molecule has 1 N–H and O–H groups in total. The highest BCUT2D eigenvalue weighted by Gasteiger charge is 2.10. The van der Waals surface area contributed by atoms with Crippen molar-refractivity contribution in [1.29, 1.82) is 0 Å². The van der Waals surface area contributed by atoms with Crippen LogP contribution in [0.25, 0.3) is 0 Å². The van der Waals surface area contributed by atoms with Gasteiger partial charge in [0.05, 0.1) is 5.60 Å². The van der Waals surface area contributed by atoms with Gasteiger partial charge in [-0.25, -0.2) is 0 Å². The molecule has 0 amide bonds. The molecular formula is C7H14O. The smallest absolute Gasteiger partial charge is 0.0796 e. The molecule has 0 unspecified atom stereocenters. The maximum absolute atomic E-state index is 9.24. The van der Waals surface area contributed by atoms with E-state index in [4.69, 9.17) is 0 Å². The van der Waals surface area contributed by atoms with E-state index in [0.717, 1.165) is 6.42 Å². The van der Waals surface area contributed by atoms with Crippen molar-refractivity contribution in [2.75, 3.05) is 0 Å². The minimum atomic E-state index is -0.589. The van der Waals surface area contributed by atoms with Gasteiger partial charge in [0.2, 0.25) is 0 Å². The first-order valence-corrected chi connectivity index (χ1v) is 2.98. The molecule has 8 heavy (non-hydrogen) atoms. The third-order valence-electron chi connectivity index (χ3n) is 1.24. The van der Waals surface area contributed by atoms with Crippen LogP contribution in [0.5, 0.6) is 0 Å². The molecule has 0 aliphatic heterocycles. The van der Waals surface area contributed by atoms with Crippen LogP contribution in [0.15, 0.2) is 12.2 Å². The normalized spacial score (nSPS) is 19.0. The van der Waals surface area contributed by atoms with Crippen LogP contribution >= 0.6 is 0 Å². The Morgan fingerprint density at radius 3 is 2.25 bits per heavy atom. The molecule has 0 aromatic rings. The summed E-state index contributed by atoms with van der Waals surface area (Å²) >= 11 is 0. The standard InChI is InChI=1S/C7H14O/c1-4-6-7(3,8)5-2/h4,6,8H,5H2,1-3H3/t7-/m1/s1. The van der Waals surface area contributed by atoms with Crippen LogP contribution < -0.4 is 0 Å². The van der Waals surface area contributed by atoms with Crippen LogP contribution in [-0.2, 0) is 0 Å². The van der Waals surface area contributed by atoms with Crippen LogP contribution in [0.1, 0.15) is 27.2 Å². The van der Waals surface area contributed by atoms with Gasteiger partial charge in [0, 0.05) is 0 Å². The molecule has 0 saturated heterocycles. The fourth-order valence-electron chi connectivity index (χ4n) is 0.477. The summed E-state index contributed by atoms with van der Waals surface area (Å²) in [5.41, 5.74) is -0.589. The van der Waals surface area contributed by atoms with Crippen molar-refractivity contribution in [2.45, 2.75) is 32.8 Å². The van der Waals surface area contributed by atoms with E-state index in [1.807, 2.05) is 19.9 Å². The number of rotatable bonds is 2. The second-order valence-electron chi connectivity index (χ2n) is 2.21. The number of hydrogen-bond donors (Lipinski definition) is 1. The van der Waals surface area contributed by atoms with Crippen molar-refractivity contribution >= 4 is 0 Å². The first-order valence-electron chi connectivity index (χ1n) is 2.98. The van der Waals surface area contributed by atoms with Gasteiger partial charge in [-0.2, -0.15) is 0 Å². The first kappa shape index (κ1) is 7.70. The summed E-state index contributed by atoms with van der Waals surface area (Å²) in [4.78, 5) is 0. The largest absolute Gasteiger partial charge is 0.386 e. The van der Waals surface area contributed by atoms with Crippen LogP contribution in [0.2, 0.25) is 0 Å². The van der Waals surface area contributed by atoms with Gasteiger partial charge in [0.1, 0.15) is 0 Å². The predicted molar refractivity (Wildman–Crippen MR) is 35.7 cm³/mol. The second-order valence-corrected chi connectivity index (χ2v) is 2.21. The molecule has 0 saturated carbocycles. The topological polar surface area (TPSA) is 20.2 Å². The molecule has 0 aromatic carbocycles. The third-order valence-corrected chi connectivity index (χ3v) is 1.24. The third kappa shape index (κ3) is 2.80. The molecule has 0 bridgehead atoms. The Kier molecular flexibility index (Phi) is 2.77. The summed E-state index contributed by atoms with van der Waals surface area (Å²) < 4.78 is 0. The molecule has 0 aliphatic carbocycles. The second kappa shape index (κ2) is 2.88. The Bertz CT molecular complexity index is 82.4. The zero-order valence-corrected chi connectivity index (χ0v) is 5.81. The van der Waals surface area contributed by atoms with E-state index in [0.29, 0.717) is 0 Å². The fraction of sp³-hybridized carbons (Fsp3) is 0.714. The summed E-state index contributed by atoms with van der Waals surface area (Å²) in [6.45, 7) is 5.66. The van der Waals surface area contributed by atoms with Crippen molar-refractivity contribution in [2.24, 2.45) is 0 Å². The maximum Gasteiger partial charge on any atom is 0.0796 e. The van der Waals surface area contributed by atoms with Crippen molar-refractivity contribution in [3.05, 3.63) is 12.2 Å². The molecule has 0 heterocycles. The van der Waals surface area contributed by atoms with E-state index in [-0.39, 0.29) is 0 Å². The molecule has 1 heteroatoms. The Morgan fingerprint density at radius 2 is 2.12 bits per heavy atom. The van der Waals surface area contributed by atoms with E-state index >= 15 is 0 Å². The van der Waals surface area contributed by atoms with E-state index in [2.05, 4.69) is 0 Å². The first-order chi connectivity index (χ1) is 3.62. The van der Waals surface area contributed by atoms with Gasteiger partial charge < -0.3 is 5.11 Å². The van der Waals surface area contributed by atoms with E-state index in [9.17, 15) is 5.11 Å². The number of allylic oxidation sites excluding steroid dienone is 1. The highest BCUT2D eigenvalue weighted by Crippen LogP contribution is 2.08. The van der Waals surface area contributed by atoms with Gasteiger partial charge in [-0.3, -0.25) is 0 Å². The van der Waals surface area contributed by atoms with Gasteiger partial charge in [0.25, 0.3) is 0 Å². The minimum absolute atomic E-state index is 0.589. The number of aliphatic hydroxyl groups is 1. The Morgan fingerprint density at radius 1 is 1.62 bits per heavy atom. The van der Waals surface area contributed by atoms with Gasteiger partial charge in [-0.15, -0.1) is 0 Å². The average molecular weight is 114 g/mol. The average Bonchev–Trinajstić information content (AvgIpc) is 1.67. The lowest BCUT2D eigenvalue weighted by molar-refractivity contribution is 0.107. The molecular weight excluding hydrogens is 100 g/mol. The van der Waals surface area contributed by atoms with Crippen molar-refractivity contribution in [3.8, 4) is 0 Å². The van der Waals surface area contributed by atoms with Crippen LogP contribution in [0, 0.1) is 0 Å². The highest BCUT2D eigenvalue weighted by atomic mass is 16.3. The molecule has 0 radical (unpaired) electrons. The lowest BCUT2D eigenvalue weighted by Gasteiger charge is -2.14. The Balaban J connectivity index is 3.71. The maximum atomic E-state index is 9.24. The zero-order valence-electron chi connectivity index (χ0n) is 5.81. The summed E-state index contributed by atoms with van der Waals surface area (Å²) in [6, 6.07) is 0. The Labute approximate surface area is 51.0 Å². The summed E-state index contributed by atoms with van der Waals surface area (Å²) in [5.74, 6) is 0. The highest BCUT2D eigenvalue weighted by molar-refractivity contribution is 4.95. The Hall–Kier alpha value is -0.300. The van der Waals surface area contributed by atoms with E-state index in [1.54, 1.807) is 13.0 Å². The molecule has 0 rings (SSSR count). The molecule has 48 valence electrons. The zero-order chi connectivity index (χ0) is 6.62. The summed E-state index contributed by atoms with van der Waals surface area (Å²) in [7, 11) is 0. The van der Waals surface area contributed by atoms with Crippen LogP contribution in [0.3, 0.4) is 0 Å². The monoisotopic (exact) mass is 114 g/mol. The predicted octanol–water partition coefficient (Wildman–Crippen LogP) is 1.72. The van der Waals surface area contributed by atoms with E-state index < -0.39 is 5.60 Å². The van der Waals surface area contributed by atoms with Gasteiger partial charge in [0.15, 0.2) is 0 Å². The molecule has 0 spiro atoms. The quantitative estimate of drug-likeness (QED) is 0.542. The number of hydrogen-bond acceptors (Lipinski definition) is 1. The molecule has 0 aromatic heterocycles. The van der Waals surface area contributed by atoms with Gasteiger partial charge in [-0.1, -0.05) is 19.1 Å². The lowest BCUT2D eigenvalue weighted by atomic mass is 10.0. The molecule has 1 nitrogen and oxygen atoms in total. The lowest BCUT2D eigenvalue weighted by Crippen LogP contribution is -2.18. The van der Waals surface area contributed by atoms with E-state index in [1.165, 1.54) is 0 Å². The van der Waals surface area contributed by atoms with Crippen molar-refractivity contribution in [3.63, 3.8) is 0 Å². The molecule has 1 atom stereocenters. The van der Waals surface area contributed by atoms with Crippen LogP contribution in [0.4, 0.5) is 0 Å². The van der Waals surface area contributed by atoms with Gasteiger partial charge >= 0.3 is 0 Å². The fourth-order valence-corrected chi connectivity index (χ4v) is 0.477. The van der Waals surface area contributed by atoms with Crippen molar-refractivity contribution < 1.29 is 5.11 Å².